The van der Waals surface area contributed by atoms with Gasteiger partial charge < -0.3 is 5.09 Å². The van der Waals surface area contributed by atoms with Crippen LogP contribution in [0.1, 0.15) is 47.5 Å². The number of carbonyl (C=O) groups excluding carboxylic acids is 1. The van der Waals surface area contributed by atoms with Gasteiger partial charge in [0.2, 0.25) is 0 Å². The van der Waals surface area contributed by atoms with E-state index in [4.69, 9.17) is 0 Å². The average molecular weight is 249 g/mol. The van der Waals surface area contributed by atoms with E-state index in [0.29, 0.717) is 0 Å². The summed E-state index contributed by atoms with van der Waals surface area (Å²) in [5.74, 6) is 0. The summed E-state index contributed by atoms with van der Waals surface area (Å²) in [6.07, 6.45) is 2.07. The molecule has 2 atom stereocenters. The van der Waals surface area contributed by atoms with Crippen molar-refractivity contribution in [1.29, 1.82) is 0 Å². The van der Waals surface area contributed by atoms with Crippen molar-refractivity contribution >= 4 is 26.3 Å². The van der Waals surface area contributed by atoms with Crippen LogP contribution in [0.15, 0.2) is 0 Å². The van der Waals surface area contributed by atoms with E-state index in [1.54, 1.807) is 6.92 Å². The van der Waals surface area contributed by atoms with E-state index in [1.807, 2.05) is 0 Å². The summed E-state index contributed by atoms with van der Waals surface area (Å²) < 4.78 is 0.0663. The van der Waals surface area contributed by atoms with E-state index in [0.717, 1.165) is 19.4 Å². The highest BCUT2D eigenvalue weighted by molar-refractivity contribution is 8.14. The van der Waals surface area contributed by atoms with Crippen molar-refractivity contribution in [2.45, 2.75) is 52.2 Å². The summed E-state index contributed by atoms with van der Waals surface area (Å²) in [6.45, 7) is 11.4. The molecular formula is C11H24NOPS. The fourth-order valence-electron chi connectivity index (χ4n) is 1.93. The molecule has 90 valence electrons. The minimum absolute atomic E-state index is 0.0663. The monoisotopic (exact) mass is 249 g/mol. The largest absolute Gasteiger partial charge is 0.300 e. The lowest BCUT2D eigenvalue weighted by Crippen LogP contribution is -2.34. The Bertz CT molecular complexity index is 221. The Morgan fingerprint density at radius 2 is 1.93 bits per heavy atom. The summed E-state index contributed by atoms with van der Waals surface area (Å²) >= 11 is 1.48. The second-order valence-electron chi connectivity index (χ2n) is 5.12. The Morgan fingerprint density at radius 1 is 1.40 bits per heavy atom. The summed E-state index contributed by atoms with van der Waals surface area (Å²) in [6, 6.07) is 0. The number of carbonyl (C=O) groups is 1. The molecule has 1 N–H and O–H groups in total. The van der Waals surface area contributed by atoms with Crippen molar-refractivity contribution in [1.82, 2.24) is 5.09 Å². The number of hydrogen-bond acceptors (Lipinski definition) is 3. The van der Waals surface area contributed by atoms with Crippen LogP contribution >= 0.6 is 21.2 Å². The molecule has 0 rings (SSSR count). The van der Waals surface area contributed by atoms with Crippen LogP contribution in [-0.2, 0) is 4.79 Å². The molecule has 0 saturated carbocycles. The molecule has 0 aromatic carbocycles. The Morgan fingerprint density at radius 3 is 2.27 bits per heavy atom. The Labute approximate surface area is 101 Å². The van der Waals surface area contributed by atoms with Gasteiger partial charge in [-0.25, -0.2) is 0 Å². The minimum Gasteiger partial charge on any atom is -0.300 e. The molecule has 0 radical (unpaired) electrons. The van der Waals surface area contributed by atoms with Gasteiger partial charge in [-0.15, -0.1) is 0 Å². The molecule has 4 heteroatoms. The Balaban J connectivity index is 4.47. The van der Waals surface area contributed by atoms with Gasteiger partial charge in [-0.1, -0.05) is 41.9 Å². The molecule has 2 unspecified atom stereocenters. The lowest BCUT2D eigenvalue weighted by atomic mass is 9.82. The van der Waals surface area contributed by atoms with E-state index < -0.39 is 0 Å². The number of thioether (sulfide) groups is 1. The zero-order chi connectivity index (χ0) is 12.1. The molecule has 0 aliphatic rings. The lowest BCUT2D eigenvalue weighted by molar-refractivity contribution is -0.109. The summed E-state index contributed by atoms with van der Waals surface area (Å²) in [4.78, 5) is 11.2. The summed E-state index contributed by atoms with van der Waals surface area (Å²) in [7, 11) is 2.54. The van der Waals surface area contributed by atoms with Crippen LogP contribution in [0.25, 0.3) is 0 Å². The van der Waals surface area contributed by atoms with E-state index in [9.17, 15) is 4.79 Å². The van der Waals surface area contributed by atoms with Gasteiger partial charge in [0.15, 0.2) is 5.12 Å². The third kappa shape index (κ3) is 6.55. The SMILES string of the molecule is CCC(C)(CC(C)(C)CNP)SC(C)=O. The fourth-order valence-corrected chi connectivity index (χ4v) is 3.79. The maximum absolute atomic E-state index is 11.2. The first-order chi connectivity index (χ1) is 6.74. The Hall–Kier alpha value is 0.410. The molecule has 0 spiro atoms. The molecule has 0 saturated heterocycles. The van der Waals surface area contributed by atoms with Gasteiger partial charge >= 0.3 is 0 Å². The molecule has 0 aromatic heterocycles. The quantitative estimate of drug-likeness (QED) is 0.733. The predicted octanol–water partition coefficient (Wildman–Crippen LogP) is 3.23. The molecule has 0 aromatic rings. The second-order valence-corrected chi connectivity index (χ2v) is 7.29. The molecule has 2 nitrogen and oxygen atoms in total. The zero-order valence-electron chi connectivity index (χ0n) is 10.5. The number of rotatable bonds is 6. The van der Waals surface area contributed by atoms with Crippen LogP contribution in [0, 0.1) is 5.41 Å². The van der Waals surface area contributed by atoms with E-state index in [1.165, 1.54) is 11.8 Å². The third-order valence-electron chi connectivity index (χ3n) is 2.57. The summed E-state index contributed by atoms with van der Waals surface area (Å²) in [5, 5.41) is 3.35. The molecule has 0 fully saturated rings. The fraction of sp³-hybridized carbons (Fsp3) is 0.909. The highest BCUT2D eigenvalue weighted by atomic mass is 32.2. The third-order valence-corrected chi connectivity index (χ3v) is 3.99. The number of nitrogens with one attached hydrogen (secondary N) is 1. The molecule has 0 aliphatic heterocycles. The highest BCUT2D eigenvalue weighted by Gasteiger charge is 2.32. The molecule has 0 amide bonds. The van der Waals surface area contributed by atoms with Gasteiger partial charge in [0.1, 0.15) is 0 Å². The van der Waals surface area contributed by atoms with Crippen LogP contribution in [0.2, 0.25) is 0 Å². The van der Waals surface area contributed by atoms with Crippen molar-refractivity contribution in [3.63, 3.8) is 0 Å². The predicted molar refractivity (Wildman–Crippen MR) is 73.1 cm³/mol. The van der Waals surface area contributed by atoms with Gasteiger partial charge in [0.05, 0.1) is 0 Å². The van der Waals surface area contributed by atoms with Gasteiger partial charge in [0, 0.05) is 18.2 Å². The Kier molecular flexibility index (Phi) is 6.39. The molecule has 0 heterocycles. The molecular weight excluding hydrogens is 225 g/mol. The van der Waals surface area contributed by atoms with E-state index in [-0.39, 0.29) is 15.3 Å². The minimum atomic E-state index is 0.0663. The van der Waals surface area contributed by atoms with Gasteiger partial charge in [-0.05, 0) is 25.2 Å². The van der Waals surface area contributed by atoms with Crippen molar-refractivity contribution < 1.29 is 4.79 Å². The smallest absolute Gasteiger partial charge is 0.186 e. The average Bonchev–Trinajstić information content (AvgIpc) is 2.01. The van der Waals surface area contributed by atoms with Crippen molar-refractivity contribution in [2.75, 3.05) is 6.54 Å². The van der Waals surface area contributed by atoms with Crippen LogP contribution in [0.4, 0.5) is 0 Å². The summed E-state index contributed by atoms with van der Waals surface area (Å²) in [5.41, 5.74) is 0.217. The van der Waals surface area contributed by atoms with Gasteiger partial charge in [0.25, 0.3) is 0 Å². The first-order valence-electron chi connectivity index (χ1n) is 5.38. The van der Waals surface area contributed by atoms with Gasteiger partial charge in [-0.3, -0.25) is 4.79 Å². The topological polar surface area (TPSA) is 29.1 Å². The van der Waals surface area contributed by atoms with Crippen molar-refractivity contribution in [2.24, 2.45) is 5.41 Å². The lowest BCUT2D eigenvalue weighted by Gasteiger charge is -2.35. The first-order valence-corrected chi connectivity index (χ1v) is 6.77. The normalized spacial score (nSPS) is 16.1. The molecule has 0 bridgehead atoms. The van der Waals surface area contributed by atoms with Crippen molar-refractivity contribution in [3.8, 4) is 0 Å². The van der Waals surface area contributed by atoms with E-state index >= 15 is 0 Å². The van der Waals surface area contributed by atoms with Gasteiger partial charge in [-0.2, -0.15) is 0 Å². The van der Waals surface area contributed by atoms with Crippen LogP contribution in [-0.4, -0.2) is 16.4 Å². The molecule has 15 heavy (non-hydrogen) atoms. The highest BCUT2D eigenvalue weighted by Crippen LogP contribution is 2.39. The number of hydrogen-bond donors (Lipinski definition) is 1. The van der Waals surface area contributed by atoms with Crippen LogP contribution < -0.4 is 5.09 Å². The molecule has 0 aliphatic carbocycles. The first kappa shape index (κ1) is 15.4. The maximum Gasteiger partial charge on any atom is 0.186 e. The zero-order valence-corrected chi connectivity index (χ0v) is 12.5. The van der Waals surface area contributed by atoms with Crippen molar-refractivity contribution in [3.05, 3.63) is 0 Å². The van der Waals surface area contributed by atoms with Crippen LogP contribution in [0.5, 0.6) is 0 Å². The van der Waals surface area contributed by atoms with Crippen LogP contribution in [0.3, 0.4) is 0 Å². The maximum atomic E-state index is 11.2. The standard InChI is InChI=1S/C11H24NOPS/c1-6-11(5,15-9(2)13)7-10(3,4)8-12-14/h12H,6-8,14H2,1-5H3. The van der Waals surface area contributed by atoms with E-state index in [2.05, 4.69) is 42.2 Å². The second kappa shape index (κ2) is 6.22.